The highest BCUT2D eigenvalue weighted by atomic mass is 79.9. The number of allylic oxidation sites excluding steroid dienone is 3. The molecule has 2 bridgehead atoms. The highest BCUT2D eigenvalue weighted by Crippen LogP contribution is 2.64. The molecule has 52 heavy (non-hydrogen) atoms. The van der Waals surface area contributed by atoms with Crippen molar-refractivity contribution in [1.82, 2.24) is 15.9 Å². The van der Waals surface area contributed by atoms with Gasteiger partial charge in [0.25, 0.3) is 11.8 Å². The van der Waals surface area contributed by atoms with Crippen LogP contribution in [0.3, 0.4) is 0 Å². The van der Waals surface area contributed by atoms with Gasteiger partial charge in [0.15, 0.2) is 0 Å². The van der Waals surface area contributed by atoms with Gasteiger partial charge in [0, 0.05) is 30.0 Å². The lowest BCUT2D eigenvalue weighted by atomic mass is 9.45. The Kier molecular flexibility index (Phi) is 11.7. The van der Waals surface area contributed by atoms with E-state index in [9.17, 15) is 14.4 Å². The van der Waals surface area contributed by atoms with E-state index in [1.54, 1.807) is 54.7 Å². The number of hydrazine groups is 1. The zero-order valence-corrected chi connectivity index (χ0v) is 34.4. The minimum atomic E-state index is -0.986. The lowest BCUT2D eigenvalue weighted by Crippen LogP contribution is -2.74. The molecular weight excluding hydrogens is 852 g/mol. The molecule has 0 aromatic heterocycles. The van der Waals surface area contributed by atoms with Gasteiger partial charge in [0.1, 0.15) is 12.3 Å². The number of hydrogen-bond acceptors (Lipinski definition) is 6. The van der Waals surface area contributed by atoms with Gasteiger partial charge in [-0.2, -0.15) is 5.10 Å². The summed E-state index contributed by atoms with van der Waals surface area (Å²) in [6.45, 7) is 8.64. The molecule has 3 aromatic rings. The van der Waals surface area contributed by atoms with Crippen molar-refractivity contribution in [3.63, 3.8) is 0 Å². The van der Waals surface area contributed by atoms with Gasteiger partial charge < -0.3 is 4.74 Å². The Labute approximate surface area is 330 Å². The number of rotatable bonds is 10. The number of carbonyl (C=O) groups is 3. The molecule has 6 unspecified atom stereocenters. The first-order valence-corrected chi connectivity index (χ1v) is 20.0. The van der Waals surface area contributed by atoms with Crippen LogP contribution in [0.1, 0.15) is 90.9 Å². The number of halogens is 3. The third kappa shape index (κ3) is 7.65. The number of nitrogens with zero attached hydrogens (tertiary/aromatic N) is 2. The highest BCUT2D eigenvalue weighted by molar-refractivity contribution is 9.11. The second kappa shape index (κ2) is 15.9. The molecule has 1 heterocycles. The summed E-state index contributed by atoms with van der Waals surface area (Å²) < 4.78 is 9.33. The van der Waals surface area contributed by atoms with Crippen molar-refractivity contribution < 1.29 is 19.1 Å². The third-order valence-corrected chi connectivity index (χ3v) is 12.5. The van der Waals surface area contributed by atoms with Crippen molar-refractivity contribution in [3.05, 3.63) is 126 Å². The summed E-state index contributed by atoms with van der Waals surface area (Å²) in [6, 6.07) is 21.3. The van der Waals surface area contributed by atoms with Crippen molar-refractivity contribution in [2.24, 2.45) is 27.8 Å². The number of esters is 1. The van der Waals surface area contributed by atoms with Crippen LogP contribution in [0, 0.1) is 22.7 Å². The van der Waals surface area contributed by atoms with Crippen molar-refractivity contribution in [2.45, 2.75) is 72.1 Å². The molecule has 1 aliphatic heterocycles. The number of amides is 2. The highest BCUT2D eigenvalue weighted by Gasteiger charge is 2.68. The molecular formula is C41H43Br3N4O4. The first-order valence-electron chi connectivity index (χ1n) is 17.6. The molecule has 6 rings (SSSR count). The third-order valence-electron chi connectivity index (χ3n) is 10.9. The van der Waals surface area contributed by atoms with Crippen molar-refractivity contribution in [3.8, 4) is 0 Å². The Morgan fingerprint density at radius 3 is 2.10 bits per heavy atom. The van der Waals surface area contributed by atoms with Crippen LogP contribution >= 0.6 is 47.8 Å². The predicted molar refractivity (Wildman–Crippen MR) is 214 cm³/mol. The Morgan fingerprint density at radius 1 is 0.923 bits per heavy atom. The lowest BCUT2D eigenvalue weighted by molar-refractivity contribution is -0.171. The predicted octanol–water partition coefficient (Wildman–Crippen LogP) is 10.0. The van der Waals surface area contributed by atoms with E-state index in [0.29, 0.717) is 23.1 Å². The summed E-state index contributed by atoms with van der Waals surface area (Å²) in [4.78, 5) is 42.5. The van der Waals surface area contributed by atoms with Crippen LogP contribution in [0.2, 0.25) is 0 Å². The van der Waals surface area contributed by atoms with E-state index >= 15 is 0 Å². The van der Waals surface area contributed by atoms with Crippen molar-refractivity contribution >= 4 is 71.8 Å². The number of benzene rings is 3. The van der Waals surface area contributed by atoms with Gasteiger partial charge >= 0.3 is 5.97 Å². The van der Waals surface area contributed by atoms with E-state index < -0.39 is 29.1 Å². The fraction of sp³-hybridized carbons (Fsp3) is 0.366. The largest absolute Gasteiger partial charge is 0.457 e. The quantitative estimate of drug-likeness (QED) is 0.120. The number of fused-ring (bicyclic) bond motifs is 1. The van der Waals surface area contributed by atoms with Gasteiger partial charge in [-0.1, -0.05) is 79.4 Å². The number of ether oxygens (including phenoxy) is 1. The molecule has 1 saturated carbocycles. The first kappa shape index (κ1) is 38.3. The molecule has 3 aliphatic rings. The van der Waals surface area contributed by atoms with E-state index in [2.05, 4.69) is 98.5 Å². The fourth-order valence-electron chi connectivity index (χ4n) is 8.26. The normalized spacial score (nSPS) is 25.3. The smallest absolute Gasteiger partial charge is 0.338 e. The molecule has 11 heteroatoms. The van der Waals surface area contributed by atoms with Crippen molar-refractivity contribution in [2.75, 3.05) is 0 Å². The van der Waals surface area contributed by atoms with Crippen LogP contribution in [-0.4, -0.2) is 41.3 Å². The summed E-state index contributed by atoms with van der Waals surface area (Å²) in [6.07, 6.45) is 8.76. The Bertz CT molecular complexity index is 1910. The Morgan fingerprint density at radius 2 is 1.50 bits per heavy atom. The zero-order valence-electron chi connectivity index (χ0n) is 29.7. The maximum Gasteiger partial charge on any atom is 0.338 e. The minimum absolute atomic E-state index is 0.0607. The average Bonchev–Trinajstić information content (AvgIpc) is 3.11. The van der Waals surface area contributed by atoms with E-state index in [1.807, 2.05) is 24.3 Å². The van der Waals surface area contributed by atoms with E-state index in [4.69, 9.17) is 9.84 Å². The van der Waals surface area contributed by atoms with Gasteiger partial charge in [-0.05, 0) is 136 Å². The van der Waals surface area contributed by atoms with Crippen LogP contribution < -0.4 is 10.9 Å². The van der Waals surface area contributed by atoms with E-state index in [1.165, 1.54) is 10.6 Å². The molecule has 0 radical (unpaired) electrons. The Balaban J connectivity index is 1.51. The fourth-order valence-corrected chi connectivity index (χ4v) is 9.05. The topological polar surface area (TPSA) is 100 Å². The van der Waals surface area contributed by atoms with Crippen LogP contribution in [0.25, 0.3) is 0 Å². The molecule has 272 valence electrons. The Hall–Kier alpha value is -3.38. The maximum atomic E-state index is 14.6. The summed E-state index contributed by atoms with van der Waals surface area (Å²) in [5, 5.41) is 6.23. The van der Waals surface area contributed by atoms with E-state index in [0.717, 1.165) is 44.7 Å². The molecule has 2 N–H and O–H groups in total. The molecule has 1 spiro atoms. The van der Waals surface area contributed by atoms with Gasteiger partial charge in [0.2, 0.25) is 0 Å². The van der Waals surface area contributed by atoms with Crippen LogP contribution in [0.5, 0.6) is 0 Å². The molecule has 8 nitrogen and oxygen atoms in total. The second-order valence-corrected chi connectivity index (χ2v) is 17.4. The minimum Gasteiger partial charge on any atom is -0.457 e. The molecule has 1 fully saturated rings. The first-order chi connectivity index (χ1) is 24.8. The van der Waals surface area contributed by atoms with Crippen LogP contribution in [0.15, 0.2) is 115 Å². The maximum absolute atomic E-state index is 14.6. The van der Waals surface area contributed by atoms with E-state index in [-0.39, 0.29) is 23.7 Å². The standard InChI is InChI=1S/C41H43Br3N4O4/c1-25(2)6-5-7-26(3)34-21-23-40(4)22-20-30-24-45-48(36(50)28-10-16-32(43)17-11-28)39(47-46-35(49)27-8-14-31(42)15-9-27)41(30,34)38(40)52-37(51)29-12-18-33(44)19-13-29/h6,8-20,24,26,34,38-39,47H,5,7,21-23H2,1-4H3,(H,46,49). The molecule has 2 amide bonds. The lowest BCUT2D eigenvalue weighted by Gasteiger charge is -2.64. The molecule has 6 atom stereocenters. The van der Waals surface area contributed by atoms with Crippen LogP contribution in [0.4, 0.5) is 0 Å². The summed E-state index contributed by atoms with van der Waals surface area (Å²) >= 11 is 10.4. The van der Waals surface area contributed by atoms with Gasteiger partial charge in [-0.25, -0.2) is 15.2 Å². The second-order valence-electron chi connectivity index (χ2n) is 14.6. The van der Waals surface area contributed by atoms with Gasteiger partial charge in [0.05, 0.1) is 17.2 Å². The van der Waals surface area contributed by atoms with Gasteiger partial charge in [-0.15, -0.1) is 0 Å². The monoisotopic (exact) mass is 892 g/mol. The summed E-state index contributed by atoms with van der Waals surface area (Å²) in [5.74, 6) is -1.06. The average molecular weight is 896 g/mol. The summed E-state index contributed by atoms with van der Waals surface area (Å²) in [7, 11) is 0. The molecule has 0 saturated heterocycles. The zero-order chi connectivity index (χ0) is 37.2. The van der Waals surface area contributed by atoms with Crippen LogP contribution in [-0.2, 0) is 4.74 Å². The molecule has 2 aliphatic carbocycles. The van der Waals surface area contributed by atoms with Gasteiger partial charge in [-0.3, -0.25) is 15.0 Å². The van der Waals surface area contributed by atoms with Crippen molar-refractivity contribution in [1.29, 1.82) is 0 Å². The SMILES string of the molecule is CC(C)=CCCC(C)C1CCC2(C)CC=C3C=NN(C(=O)c4ccc(Br)cc4)C(NNC(=O)c4ccc(Br)cc4)C31C2OC(=O)c1ccc(Br)cc1. The molecule has 3 aromatic carbocycles. The number of hydrogen-bond donors (Lipinski definition) is 2. The number of hydrazone groups is 1. The summed E-state index contributed by atoms with van der Waals surface area (Å²) in [5.41, 5.74) is 8.30. The number of carbonyl (C=O) groups excluding carboxylic acids is 3. The number of nitrogens with one attached hydrogen (secondary N) is 2.